The highest BCUT2D eigenvalue weighted by molar-refractivity contribution is 7.07. The van der Waals surface area contributed by atoms with Gasteiger partial charge in [0.05, 0.1) is 21.8 Å². The van der Waals surface area contributed by atoms with Crippen molar-refractivity contribution in [1.82, 2.24) is 4.57 Å². The average molecular weight is 479 g/mol. The standard InChI is InChI=1S/C26H23ClN2O3S/c1-4-14-32-25(31)22-16(3)28-26-29(23(22)19-10-12-20(27)13-11-19)24(30)21(33-26)15-18-8-6-17(5-2)7-9-18/h4,6-13,15,23H,1,5,14H2,2-3H3. The van der Waals surface area contributed by atoms with E-state index in [0.29, 0.717) is 25.6 Å². The fraction of sp³-hybridized carbons (Fsp3) is 0.192. The van der Waals surface area contributed by atoms with Crippen LogP contribution in [0.4, 0.5) is 0 Å². The molecule has 4 rings (SSSR count). The zero-order valence-electron chi connectivity index (χ0n) is 18.4. The van der Waals surface area contributed by atoms with Gasteiger partial charge in [-0.05, 0) is 48.2 Å². The zero-order chi connectivity index (χ0) is 23.5. The Morgan fingerprint density at radius 1 is 1.21 bits per heavy atom. The molecule has 168 valence electrons. The van der Waals surface area contributed by atoms with E-state index in [1.54, 1.807) is 23.6 Å². The van der Waals surface area contributed by atoms with Gasteiger partial charge >= 0.3 is 5.97 Å². The van der Waals surface area contributed by atoms with E-state index in [0.717, 1.165) is 17.5 Å². The van der Waals surface area contributed by atoms with Crippen LogP contribution >= 0.6 is 22.9 Å². The van der Waals surface area contributed by atoms with Crippen LogP contribution in [-0.2, 0) is 16.0 Å². The first-order valence-corrected chi connectivity index (χ1v) is 11.8. The first-order valence-electron chi connectivity index (χ1n) is 10.6. The first-order chi connectivity index (χ1) is 15.9. The molecule has 3 aromatic rings. The number of rotatable bonds is 6. The van der Waals surface area contributed by atoms with Crippen molar-refractivity contribution < 1.29 is 9.53 Å². The molecule has 0 saturated carbocycles. The van der Waals surface area contributed by atoms with Crippen LogP contribution in [0.5, 0.6) is 0 Å². The highest BCUT2D eigenvalue weighted by atomic mass is 35.5. The number of carbonyl (C=O) groups is 1. The summed E-state index contributed by atoms with van der Waals surface area (Å²) in [6.07, 6.45) is 4.31. The Hall–Kier alpha value is -3.22. The SMILES string of the molecule is C=CCOC(=O)C1=C(C)N=c2sc(=Cc3ccc(CC)cc3)c(=O)n2C1c1ccc(Cl)cc1. The van der Waals surface area contributed by atoms with E-state index < -0.39 is 12.0 Å². The molecule has 0 fully saturated rings. The summed E-state index contributed by atoms with van der Waals surface area (Å²) in [4.78, 5) is 31.6. The lowest BCUT2D eigenvalue weighted by Gasteiger charge is -2.24. The lowest BCUT2D eigenvalue weighted by atomic mass is 9.96. The van der Waals surface area contributed by atoms with E-state index >= 15 is 0 Å². The Morgan fingerprint density at radius 2 is 1.91 bits per heavy atom. The summed E-state index contributed by atoms with van der Waals surface area (Å²) in [7, 11) is 0. The molecule has 0 amide bonds. The van der Waals surface area contributed by atoms with Crippen LogP contribution < -0.4 is 14.9 Å². The minimum Gasteiger partial charge on any atom is -0.458 e. The van der Waals surface area contributed by atoms with Gasteiger partial charge in [-0.3, -0.25) is 9.36 Å². The summed E-state index contributed by atoms with van der Waals surface area (Å²) in [5.41, 5.74) is 3.55. The number of hydrogen-bond acceptors (Lipinski definition) is 5. The van der Waals surface area contributed by atoms with Crippen molar-refractivity contribution in [2.75, 3.05) is 6.61 Å². The molecule has 5 nitrogen and oxygen atoms in total. The largest absolute Gasteiger partial charge is 0.458 e. The number of aromatic nitrogens is 1. The maximum Gasteiger partial charge on any atom is 0.338 e. The number of allylic oxidation sites excluding steroid dienone is 1. The van der Waals surface area contributed by atoms with Gasteiger partial charge in [0.25, 0.3) is 5.56 Å². The lowest BCUT2D eigenvalue weighted by molar-refractivity contribution is -0.138. The van der Waals surface area contributed by atoms with Crippen molar-refractivity contribution >= 4 is 35.0 Å². The number of aryl methyl sites for hydroxylation is 1. The molecule has 7 heteroatoms. The Kier molecular flexibility index (Phi) is 6.77. The molecule has 0 spiro atoms. The molecule has 0 saturated heterocycles. The molecule has 0 N–H and O–H groups in total. The van der Waals surface area contributed by atoms with E-state index in [-0.39, 0.29) is 12.2 Å². The highest BCUT2D eigenvalue weighted by Gasteiger charge is 2.33. The molecule has 1 aliphatic rings. The molecule has 1 aliphatic heterocycles. The Labute approximate surface area is 200 Å². The maximum absolute atomic E-state index is 13.5. The third-order valence-corrected chi connectivity index (χ3v) is 6.68. The van der Waals surface area contributed by atoms with Gasteiger partial charge in [-0.15, -0.1) is 0 Å². The van der Waals surface area contributed by atoms with Crippen molar-refractivity contribution in [1.29, 1.82) is 0 Å². The van der Waals surface area contributed by atoms with Crippen LogP contribution in [0.2, 0.25) is 5.02 Å². The van der Waals surface area contributed by atoms with Gasteiger partial charge < -0.3 is 4.74 Å². The second kappa shape index (κ2) is 9.73. The maximum atomic E-state index is 13.5. The summed E-state index contributed by atoms with van der Waals surface area (Å²) >= 11 is 7.39. The monoisotopic (exact) mass is 478 g/mol. The smallest absolute Gasteiger partial charge is 0.338 e. The number of hydrogen-bond donors (Lipinski definition) is 0. The van der Waals surface area contributed by atoms with E-state index in [2.05, 4.69) is 30.6 Å². The molecule has 2 aromatic carbocycles. The van der Waals surface area contributed by atoms with Crippen molar-refractivity contribution in [3.05, 3.63) is 114 Å². The van der Waals surface area contributed by atoms with E-state index in [1.165, 1.54) is 23.0 Å². The fourth-order valence-corrected chi connectivity index (χ4v) is 4.93. The average Bonchev–Trinajstić information content (AvgIpc) is 3.12. The molecule has 0 aliphatic carbocycles. The van der Waals surface area contributed by atoms with Gasteiger partial charge in [-0.1, -0.05) is 78.9 Å². The number of halogens is 1. The van der Waals surface area contributed by atoms with E-state index in [4.69, 9.17) is 16.3 Å². The van der Waals surface area contributed by atoms with Crippen molar-refractivity contribution in [3.8, 4) is 0 Å². The van der Waals surface area contributed by atoms with Crippen LogP contribution in [0.3, 0.4) is 0 Å². The summed E-state index contributed by atoms with van der Waals surface area (Å²) in [6.45, 7) is 7.53. The zero-order valence-corrected chi connectivity index (χ0v) is 19.9. The predicted octanol–water partition coefficient (Wildman–Crippen LogP) is 4.18. The second-order valence-electron chi connectivity index (χ2n) is 7.62. The summed E-state index contributed by atoms with van der Waals surface area (Å²) < 4.78 is 7.45. The number of carbonyl (C=O) groups excluding carboxylic acids is 1. The normalized spacial score (nSPS) is 15.7. The van der Waals surface area contributed by atoms with Gasteiger partial charge in [-0.2, -0.15) is 0 Å². The van der Waals surface area contributed by atoms with Gasteiger partial charge in [0.1, 0.15) is 6.61 Å². The lowest BCUT2D eigenvalue weighted by Crippen LogP contribution is -2.39. The minimum absolute atomic E-state index is 0.0706. The number of ether oxygens (including phenoxy) is 1. The molecular formula is C26H23ClN2O3S. The number of nitrogens with zero attached hydrogens (tertiary/aromatic N) is 2. The van der Waals surface area contributed by atoms with Crippen LogP contribution in [0.25, 0.3) is 6.08 Å². The number of esters is 1. The quantitative estimate of drug-likeness (QED) is 0.394. The van der Waals surface area contributed by atoms with Crippen LogP contribution in [0, 0.1) is 0 Å². The minimum atomic E-state index is -0.666. The molecule has 1 aromatic heterocycles. The molecule has 0 bridgehead atoms. The highest BCUT2D eigenvalue weighted by Crippen LogP contribution is 2.31. The Balaban J connectivity index is 1.90. The van der Waals surface area contributed by atoms with Crippen LogP contribution in [0.15, 0.2) is 82.2 Å². The molecule has 2 heterocycles. The number of thiazole rings is 1. The van der Waals surface area contributed by atoms with Crippen LogP contribution in [0.1, 0.15) is 36.6 Å². The van der Waals surface area contributed by atoms with E-state index in [9.17, 15) is 9.59 Å². The summed E-state index contributed by atoms with van der Waals surface area (Å²) in [6, 6.07) is 14.5. The second-order valence-corrected chi connectivity index (χ2v) is 9.06. The third kappa shape index (κ3) is 4.63. The number of benzene rings is 2. The summed E-state index contributed by atoms with van der Waals surface area (Å²) in [5, 5.41) is 0.568. The van der Waals surface area contributed by atoms with E-state index in [1.807, 2.05) is 30.3 Å². The van der Waals surface area contributed by atoms with Gasteiger partial charge in [0.15, 0.2) is 4.80 Å². The van der Waals surface area contributed by atoms with Gasteiger partial charge in [0, 0.05) is 5.02 Å². The van der Waals surface area contributed by atoms with Crippen molar-refractivity contribution in [3.63, 3.8) is 0 Å². The topological polar surface area (TPSA) is 60.7 Å². The molecule has 1 atom stereocenters. The Morgan fingerprint density at radius 3 is 2.55 bits per heavy atom. The molecule has 1 unspecified atom stereocenters. The van der Waals surface area contributed by atoms with Crippen LogP contribution in [-0.4, -0.2) is 17.1 Å². The predicted molar refractivity (Wildman–Crippen MR) is 132 cm³/mol. The first kappa shape index (κ1) is 23.0. The van der Waals surface area contributed by atoms with Gasteiger partial charge in [0.2, 0.25) is 0 Å². The molecule has 0 radical (unpaired) electrons. The Bertz CT molecular complexity index is 1410. The third-order valence-electron chi connectivity index (χ3n) is 5.45. The fourth-order valence-electron chi connectivity index (χ4n) is 3.76. The van der Waals surface area contributed by atoms with Gasteiger partial charge in [-0.25, -0.2) is 9.79 Å². The summed E-state index contributed by atoms with van der Waals surface area (Å²) in [5.74, 6) is -0.527. The molecular weight excluding hydrogens is 456 g/mol. The number of fused-ring (bicyclic) bond motifs is 1. The van der Waals surface area contributed by atoms with Crippen molar-refractivity contribution in [2.24, 2.45) is 4.99 Å². The molecule has 33 heavy (non-hydrogen) atoms. The van der Waals surface area contributed by atoms with Crippen molar-refractivity contribution in [2.45, 2.75) is 26.3 Å².